The number of halogens is 2. The monoisotopic (exact) mass is 582 g/mol. The predicted octanol–water partition coefficient (Wildman–Crippen LogP) is 5.29. The van der Waals surface area contributed by atoms with Crippen molar-refractivity contribution in [3.05, 3.63) is 40.3 Å². The third-order valence-corrected chi connectivity index (χ3v) is 7.71. The molecule has 2 heterocycles. The molecule has 3 N–H and O–H groups in total. The highest BCUT2D eigenvalue weighted by molar-refractivity contribution is 7.92. The molecule has 1 atom stereocenters. The van der Waals surface area contributed by atoms with Gasteiger partial charge in [0.1, 0.15) is 11.4 Å². The average Bonchev–Trinajstić information content (AvgIpc) is 3.63. The smallest absolute Gasteiger partial charge is 0.407 e. The molecule has 2 aromatic heterocycles. The first kappa shape index (κ1) is 27.9. The van der Waals surface area contributed by atoms with E-state index in [4.69, 9.17) is 32.6 Å². The van der Waals surface area contributed by atoms with E-state index in [9.17, 15) is 13.2 Å². The van der Waals surface area contributed by atoms with Crippen LogP contribution in [0.1, 0.15) is 44.9 Å². The van der Waals surface area contributed by atoms with E-state index >= 15 is 0 Å². The number of rotatable bonds is 11. The van der Waals surface area contributed by atoms with Gasteiger partial charge in [0.15, 0.2) is 11.7 Å². The summed E-state index contributed by atoms with van der Waals surface area (Å²) in [4.78, 5) is 24.9. The molecule has 1 amide bonds. The van der Waals surface area contributed by atoms with Gasteiger partial charge in [0.25, 0.3) is 0 Å². The minimum atomic E-state index is -3.61. The van der Waals surface area contributed by atoms with Gasteiger partial charge < -0.3 is 19.8 Å². The summed E-state index contributed by atoms with van der Waals surface area (Å²) < 4.78 is 38.1. The van der Waals surface area contributed by atoms with Gasteiger partial charge in [0.05, 0.1) is 23.6 Å². The van der Waals surface area contributed by atoms with Gasteiger partial charge in [-0.25, -0.2) is 28.2 Å². The summed E-state index contributed by atoms with van der Waals surface area (Å²) >= 11 is 13.1. The molecular formula is C24H28Cl2N6O5S. The molecule has 1 saturated carbocycles. The minimum absolute atomic E-state index is 0.0588. The molecule has 204 valence electrons. The minimum Gasteiger partial charge on any atom is -0.453 e. The van der Waals surface area contributed by atoms with Gasteiger partial charge in [-0.3, -0.25) is 4.72 Å². The first-order valence-electron chi connectivity index (χ1n) is 12.0. The molecule has 11 nitrogen and oxygen atoms in total. The lowest BCUT2D eigenvalue weighted by atomic mass is 10.1. The number of carbonyl (C=O) groups is 1. The number of benzene rings is 1. The Morgan fingerprint density at radius 1 is 1.26 bits per heavy atom. The van der Waals surface area contributed by atoms with E-state index in [1.807, 2.05) is 0 Å². The number of anilines is 2. The lowest BCUT2D eigenvalue weighted by Crippen LogP contribution is -2.37. The number of alkyl carbamates (subject to hydrolysis) is 1. The molecule has 3 aromatic rings. The maximum Gasteiger partial charge on any atom is 0.407 e. The molecule has 0 bridgehead atoms. The molecule has 14 heteroatoms. The molecule has 1 fully saturated rings. The van der Waals surface area contributed by atoms with Crippen molar-refractivity contribution in [1.82, 2.24) is 20.3 Å². The highest BCUT2D eigenvalue weighted by Crippen LogP contribution is 2.46. The van der Waals surface area contributed by atoms with E-state index in [2.05, 4.69) is 30.1 Å². The standard InChI is InChI=1S/C24H28Cl2N6O5S/c1-4-9-38(34,35)32-18-11-15(25)10-16(19(18)26)20-21(37-22(31-20)14-5-6-14)17-7-8-27-23(30-17)28-12-13(2)29-24(33)36-3/h7-8,10-11,13-14,32H,4-6,9,12H2,1-3H3,(H,29,33)(H,27,28,30)/t13-/m0/s1. The van der Waals surface area contributed by atoms with Crippen LogP contribution in [0.4, 0.5) is 16.4 Å². The Hall–Kier alpha value is -3.09. The van der Waals surface area contributed by atoms with Gasteiger partial charge in [-0.05, 0) is 44.4 Å². The Morgan fingerprint density at radius 2 is 2.03 bits per heavy atom. The van der Waals surface area contributed by atoms with Crippen LogP contribution in [0.2, 0.25) is 10.0 Å². The zero-order chi connectivity index (χ0) is 27.4. The Labute approximate surface area is 230 Å². The number of hydrogen-bond donors (Lipinski definition) is 3. The van der Waals surface area contributed by atoms with Crippen LogP contribution in [-0.2, 0) is 14.8 Å². The van der Waals surface area contributed by atoms with E-state index in [0.717, 1.165) is 12.8 Å². The molecule has 38 heavy (non-hydrogen) atoms. The van der Waals surface area contributed by atoms with E-state index in [1.54, 1.807) is 32.2 Å². The van der Waals surface area contributed by atoms with Crippen molar-refractivity contribution in [3.63, 3.8) is 0 Å². The van der Waals surface area contributed by atoms with Crippen molar-refractivity contribution in [3.8, 4) is 22.7 Å². The zero-order valence-electron chi connectivity index (χ0n) is 21.0. The van der Waals surface area contributed by atoms with Gasteiger partial charge >= 0.3 is 6.09 Å². The van der Waals surface area contributed by atoms with E-state index < -0.39 is 16.1 Å². The lowest BCUT2D eigenvalue weighted by molar-refractivity contribution is 0.168. The van der Waals surface area contributed by atoms with Crippen molar-refractivity contribution in [2.24, 2.45) is 0 Å². The summed E-state index contributed by atoms with van der Waals surface area (Å²) in [7, 11) is -2.32. The lowest BCUT2D eigenvalue weighted by Gasteiger charge is -2.14. The fraction of sp³-hybridized carbons (Fsp3) is 0.417. The maximum absolute atomic E-state index is 12.4. The number of amides is 1. The summed E-state index contributed by atoms with van der Waals surface area (Å²) in [6.45, 7) is 3.92. The second kappa shape index (κ2) is 11.7. The van der Waals surface area contributed by atoms with Crippen LogP contribution in [0.25, 0.3) is 22.7 Å². The molecule has 0 unspecified atom stereocenters. The number of hydrogen-bond acceptors (Lipinski definition) is 9. The van der Waals surface area contributed by atoms with Crippen LogP contribution in [-0.4, -0.2) is 54.9 Å². The maximum atomic E-state index is 12.4. The fourth-order valence-corrected chi connectivity index (χ4v) is 5.30. The summed E-state index contributed by atoms with van der Waals surface area (Å²) in [6.07, 6.45) is 3.37. The highest BCUT2D eigenvalue weighted by Gasteiger charge is 2.32. The van der Waals surface area contributed by atoms with Crippen molar-refractivity contribution in [1.29, 1.82) is 0 Å². The number of nitrogens with one attached hydrogen (secondary N) is 3. The van der Waals surface area contributed by atoms with Gasteiger partial charge in [0, 0.05) is 35.3 Å². The van der Waals surface area contributed by atoms with Crippen LogP contribution in [0.5, 0.6) is 0 Å². The van der Waals surface area contributed by atoms with Gasteiger partial charge in [-0.1, -0.05) is 30.1 Å². The first-order chi connectivity index (χ1) is 18.1. The van der Waals surface area contributed by atoms with Crippen LogP contribution < -0.4 is 15.4 Å². The number of ether oxygens (including phenoxy) is 1. The molecule has 0 spiro atoms. The summed E-state index contributed by atoms with van der Waals surface area (Å²) in [6, 6.07) is 4.49. The normalized spacial score (nSPS) is 14.1. The van der Waals surface area contributed by atoms with Gasteiger partial charge in [0.2, 0.25) is 16.0 Å². The number of carbonyl (C=O) groups excluding carboxylic acids is 1. The summed E-state index contributed by atoms with van der Waals surface area (Å²) in [5.74, 6) is 1.33. The first-order valence-corrected chi connectivity index (χ1v) is 14.4. The second-order valence-corrected chi connectivity index (χ2v) is 11.6. The summed E-state index contributed by atoms with van der Waals surface area (Å²) in [5.41, 5.74) is 1.39. The van der Waals surface area contributed by atoms with E-state index in [1.165, 1.54) is 13.2 Å². The van der Waals surface area contributed by atoms with Crippen molar-refractivity contribution < 1.29 is 22.4 Å². The average molecular weight is 583 g/mol. The third-order valence-electron chi connectivity index (χ3n) is 5.61. The van der Waals surface area contributed by atoms with E-state index in [-0.39, 0.29) is 33.4 Å². The number of oxazole rings is 1. The largest absolute Gasteiger partial charge is 0.453 e. The van der Waals surface area contributed by atoms with E-state index in [0.29, 0.717) is 47.5 Å². The number of methoxy groups -OCH3 is 1. The molecule has 0 radical (unpaired) electrons. The van der Waals surface area contributed by atoms with Crippen LogP contribution >= 0.6 is 23.2 Å². The molecule has 1 aliphatic rings. The molecule has 1 aliphatic carbocycles. The fourth-order valence-electron chi connectivity index (χ4n) is 3.65. The second-order valence-electron chi connectivity index (χ2n) is 8.92. The third kappa shape index (κ3) is 6.86. The van der Waals surface area contributed by atoms with Crippen LogP contribution in [0.3, 0.4) is 0 Å². The summed E-state index contributed by atoms with van der Waals surface area (Å²) in [5, 5.41) is 6.15. The molecule has 0 saturated heterocycles. The van der Waals surface area contributed by atoms with Crippen LogP contribution in [0, 0.1) is 0 Å². The topological polar surface area (TPSA) is 148 Å². The van der Waals surface area contributed by atoms with Gasteiger partial charge in [-0.2, -0.15) is 0 Å². The Kier molecular flexibility index (Phi) is 8.64. The Morgan fingerprint density at radius 3 is 2.71 bits per heavy atom. The number of nitrogens with zero attached hydrogens (tertiary/aromatic N) is 3. The number of aromatic nitrogens is 3. The predicted molar refractivity (Wildman–Crippen MR) is 146 cm³/mol. The zero-order valence-corrected chi connectivity index (χ0v) is 23.4. The molecule has 0 aliphatic heterocycles. The van der Waals surface area contributed by atoms with Gasteiger partial charge in [-0.15, -0.1) is 0 Å². The van der Waals surface area contributed by atoms with Crippen molar-refractivity contribution in [2.45, 2.75) is 45.1 Å². The quantitative estimate of drug-likeness (QED) is 0.274. The highest BCUT2D eigenvalue weighted by atomic mass is 35.5. The Bertz CT molecular complexity index is 1430. The van der Waals surface area contributed by atoms with Crippen LogP contribution in [0.15, 0.2) is 28.8 Å². The van der Waals surface area contributed by atoms with Crippen molar-refractivity contribution in [2.75, 3.05) is 29.4 Å². The Balaban J connectivity index is 1.69. The molecular weight excluding hydrogens is 555 g/mol. The SMILES string of the molecule is CCCS(=O)(=O)Nc1cc(Cl)cc(-c2nc(C3CC3)oc2-c2ccnc(NC[C@H](C)NC(=O)OC)n2)c1Cl. The molecule has 4 rings (SSSR count). The van der Waals surface area contributed by atoms with Crippen molar-refractivity contribution >= 4 is 51.0 Å². The number of sulfonamides is 1. The molecule has 1 aromatic carbocycles.